The molecule has 0 aliphatic carbocycles. The standard InChI is InChI=1S/C23H32N2O/c1-22(2,3)17-12-16(21(26)18(13-17)23(4,5)6)14-25-15-24(7)19-10-8-9-11-20(19)25/h8-13,26H,14-15H2,1-7H3. The van der Waals surface area contributed by atoms with E-state index in [1.165, 1.54) is 16.9 Å². The van der Waals surface area contributed by atoms with Crippen molar-refractivity contribution in [2.75, 3.05) is 23.5 Å². The van der Waals surface area contributed by atoms with Crippen molar-refractivity contribution in [3.05, 3.63) is 53.1 Å². The molecule has 0 spiro atoms. The number of fused-ring (bicyclic) bond motifs is 1. The van der Waals surface area contributed by atoms with Crippen LogP contribution in [-0.2, 0) is 17.4 Å². The maximum atomic E-state index is 11.0. The normalized spacial score (nSPS) is 14.7. The highest BCUT2D eigenvalue weighted by molar-refractivity contribution is 5.76. The summed E-state index contributed by atoms with van der Waals surface area (Å²) < 4.78 is 0. The monoisotopic (exact) mass is 352 g/mol. The molecule has 26 heavy (non-hydrogen) atoms. The molecule has 0 aromatic heterocycles. The molecule has 0 saturated carbocycles. The van der Waals surface area contributed by atoms with Crippen molar-refractivity contribution in [2.45, 2.75) is 58.9 Å². The van der Waals surface area contributed by atoms with Crippen molar-refractivity contribution < 1.29 is 5.11 Å². The fourth-order valence-electron chi connectivity index (χ4n) is 3.62. The van der Waals surface area contributed by atoms with Gasteiger partial charge in [-0.3, -0.25) is 0 Å². The van der Waals surface area contributed by atoms with Gasteiger partial charge in [-0.25, -0.2) is 0 Å². The van der Waals surface area contributed by atoms with E-state index in [4.69, 9.17) is 0 Å². The molecule has 0 fully saturated rings. The molecule has 3 rings (SSSR count). The highest BCUT2D eigenvalue weighted by atomic mass is 16.3. The second-order valence-electron chi connectivity index (χ2n) is 9.56. The smallest absolute Gasteiger partial charge is 0.124 e. The van der Waals surface area contributed by atoms with E-state index in [1.54, 1.807) is 0 Å². The quantitative estimate of drug-likeness (QED) is 0.784. The van der Waals surface area contributed by atoms with E-state index in [9.17, 15) is 5.11 Å². The van der Waals surface area contributed by atoms with E-state index in [2.05, 4.69) is 94.8 Å². The van der Waals surface area contributed by atoms with Gasteiger partial charge >= 0.3 is 0 Å². The molecule has 3 heteroatoms. The largest absolute Gasteiger partial charge is 0.507 e. The molecule has 2 aromatic rings. The first kappa shape index (κ1) is 18.6. The minimum absolute atomic E-state index is 0.0438. The molecule has 1 aliphatic rings. The van der Waals surface area contributed by atoms with Gasteiger partial charge in [0, 0.05) is 19.2 Å². The first-order valence-corrected chi connectivity index (χ1v) is 9.40. The highest BCUT2D eigenvalue weighted by Gasteiger charge is 2.28. The van der Waals surface area contributed by atoms with Gasteiger partial charge in [0.15, 0.2) is 0 Å². The number of anilines is 2. The lowest BCUT2D eigenvalue weighted by molar-refractivity contribution is 0.437. The van der Waals surface area contributed by atoms with Crippen LogP contribution in [0.2, 0.25) is 0 Å². The lowest BCUT2D eigenvalue weighted by Gasteiger charge is -2.29. The zero-order valence-corrected chi connectivity index (χ0v) is 17.2. The minimum atomic E-state index is -0.0974. The Morgan fingerprint density at radius 1 is 0.923 bits per heavy atom. The van der Waals surface area contributed by atoms with Crippen LogP contribution in [0.1, 0.15) is 58.2 Å². The fourth-order valence-corrected chi connectivity index (χ4v) is 3.62. The molecule has 3 nitrogen and oxygen atoms in total. The van der Waals surface area contributed by atoms with E-state index in [0.29, 0.717) is 12.3 Å². The summed E-state index contributed by atoms with van der Waals surface area (Å²) in [6, 6.07) is 12.8. The van der Waals surface area contributed by atoms with Crippen LogP contribution in [0.25, 0.3) is 0 Å². The van der Waals surface area contributed by atoms with E-state index in [1.807, 2.05) is 0 Å². The van der Waals surface area contributed by atoms with Crippen molar-refractivity contribution in [3.8, 4) is 5.75 Å². The Kier molecular flexibility index (Phi) is 4.46. The molecule has 0 saturated heterocycles. The van der Waals surface area contributed by atoms with Gasteiger partial charge in [0.05, 0.1) is 18.0 Å². The predicted octanol–water partition coefficient (Wildman–Crippen LogP) is 5.40. The van der Waals surface area contributed by atoms with E-state index >= 15 is 0 Å². The van der Waals surface area contributed by atoms with Gasteiger partial charge in [-0.2, -0.15) is 0 Å². The Bertz CT molecular complexity index is 812. The van der Waals surface area contributed by atoms with Gasteiger partial charge in [0.2, 0.25) is 0 Å². The SMILES string of the molecule is CN1CN(Cc2cc(C(C)(C)C)cc(C(C)(C)C)c2O)c2ccccc21. The van der Waals surface area contributed by atoms with Crippen molar-refractivity contribution in [2.24, 2.45) is 0 Å². The van der Waals surface area contributed by atoms with Crippen LogP contribution in [0, 0.1) is 0 Å². The van der Waals surface area contributed by atoms with Crippen LogP contribution in [0.15, 0.2) is 36.4 Å². The lowest BCUT2D eigenvalue weighted by atomic mass is 9.79. The molecule has 0 atom stereocenters. The molecule has 0 amide bonds. The van der Waals surface area contributed by atoms with Crippen molar-refractivity contribution in [1.29, 1.82) is 0 Å². The molecule has 0 unspecified atom stereocenters. The number of nitrogens with zero attached hydrogens (tertiary/aromatic N) is 2. The number of para-hydroxylation sites is 2. The lowest BCUT2D eigenvalue weighted by Crippen LogP contribution is -2.28. The summed E-state index contributed by atoms with van der Waals surface area (Å²) in [7, 11) is 2.12. The van der Waals surface area contributed by atoms with Gasteiger partial charge in [-0.15, -0.1) is 0 Å². The number of hydrogen-bond acceptors (Lipinski definition) is 3. The molecule has 0 bridgehead atoms. The van der Waals surface area contributed by atoms with Gasteiger partial charge in [-0.1, -0.05) is 59.7 Å². The Morgan fingerprint density at radius 3 is 2.12 bits per heavy atom. The Balaban J connectivity index is 2.06. The maximum Gasteiger partial charge on any atom is 0.124 e. The van der Waals surface area contributed by atoms with Crippen molar-refractivity contribution >= 4 is 11.4 Å². The Hall–Kier alpha value is -2.16. The Labute approximate surface area is 158 Å². The second-order valence-corrected chi connectivity index (χ2v) is 9.56. The van der Waals surface area contributed by atoms with Crippen molar-refractivity contribution in [3.63, 3.8) is 0 Å². The third-order valence-electron chi connectivity index (χ3n) is 5.24. The summed E-state index contributed by atoms with van der Waals surface area (Å²) in [5.41, 5.74) is 5.73. The fraction of sp³-hybridized carbons (Fsp3) is 0.478. The molecular formula is C23H32N2O. The first-order chi connectivity index (χ1) is 12.0. The summed E-state index contributed by atoms with van der Waals surface area (Å²) >= 11 is 0. The van der Waals surface area contributed by atoms with Crippen LogP contribution in [0.5, 0.6) is 5.75 Å². The van der Waals surface area contributed by atoms with E-state index in [-0.39, 0.29) is 10.8 Å². The molecule has 1 heterocycles. The molecule has 1 aliphatic heterocycles. The number of rotatable bonds is 2. The summed E-state index contributed by atoms with van der Waals surface area (Å²) in [4.78, 5) is 4.59. The van der Waals surface area contributed by atoms with Crippen molar-refractivity contribution in [1.82, 2.24) is 0 Å². The summed E-state index contributed by atoms with van der Waals surface area (Å²) in [6.45, 7) is 14.7. The van der Waals surface area contributed by atoms with Gasteiger partial charge in [-0.05, 0) is 40.2 Å². The highest BCUT2D eigenvalue weighted by Crippen LogP contribution is 2.40. The van der Waals surface area contributed by atoms with Crippen LogP contribution in [-0.4, -0.2) is 18.8 Å². The third kappa shape index (κ3) is 3.40. The van der Waals surface area contributed by atoms with E-state index in [0.717, 1.165) is 17.8 Å². The first-order valence-electron chi connectivity index (χ1n) is 9.40. The van der Waals surface area contributed by atoms with Crippen LogP contribution < -0.4 is 9.80 Å². The molecule has 2 aromatic carbocycles. The number of phenols is 1. The average molecular weight is 353 g/mol. The second kappa shape index (κ2) is 6.22. The zero-order valence-electron chi connectivity index (χ0n) is 17.2. The van der Waals surface area contributed by atoms with Crippen LogP contribution >= 0.6 is 0 Å². The Morgan fingerprint density at radius 2 is 1.54 bits per heavy atom. The van der Waals surface area contributed by atoms with Gasteiger partial charge in [0.1, 0.15) is 5.75 Å². The zero-order chi connectivity index (χ0) is 19.3. The average Bonchev–Trinajstić information content (AvgIpc) is 2.84. The molecular weight excluding hydrogens is 320 g/mol. The summed E-state index contributed by atoms with van der Waals surface area (Å²) in [5.74, 6) is 0.442. The number of benzene rings is 2. The number of aromatic hydroxyl groups is 1. The van der Waals surface area contributed by atoms with Gasteiger partial charge < -0.3 is 14.9 Å². The molecule has 0 radical (unpaired) electrons. The minimum Gasteiger partial charge on any atom is -0.507 e. The summed E-state index contributed by atoms with van der Waals surface area (Å²) in [6.07, 6.45) is 0. The number of phenolic OH excluding ortho intramolecular Hbond substituents is 1. The predicted molar refractivity (Wildman–Crippen MR) is 111 cm³/mol. The van der Waals surface area contributed by atoms with Crippen LogP contribution in [0.4, 0.5) is 11.4 Å². The topological polar surface area (TPSA) is 26.7 Å². The van der Waals surface area contributed by atoms with Crippen LogP contribution in [0.3, 0.4) is 0 Å². The molecule has 1 N–H and O–H groups in total. The maximum absolute atomic E-state index is 11.0. The third-order valence-corrected chi connectivity index (χ3v) is 5.24. The summed E-state index contributed by atoms with van der Waals surface area (Å²) in [5, 5.41) is 11.0. The van der Waals surface area contributed by atoms with Gasteiger partial charge in [0.25, 0.3) is 0 Å². The number of hydrogen-bond donors (Lipinski definition) is 1. The van der Waals surface area contributed by atoms with E-state index < -0.39 is 0 Å². The molecule has 140 valence electrons.